The van der Waals surface area contributed by atoms with Crippen LogP contribution in [-0.4, -0.2) is 44.3 Å². The van der Waals surface area contributed by atoms with E-state index in [0.29, 0.717) is 5.02 Å². The van der Waals surface area contributed by atoms with Gasteiger partial charge in [-0.15, -0.1) is 11.3 Å². The number of hydrogen-bond acceptors (Lipinski definition) is 6. The Morgan fingerprint density at radius 2 is 1.87 bits per heavy atom. The minimum atomic E-state index is -0.340. The molecule has 3 aromatic heterocycles. The van der Waals surface area contributed by atoms with Crippen molar-refractivity contribution in [3.05, 3.63) is 79.0 Å². The molecule has 1 aliphatic heterocycles. The Bertz CT molecular complexity index is 1610. The van der Waals surface area contributed by atoms with Gasteiger partial charge in [0, 0.05) is 65.7 Å². The fraction of sp³-hybridized carbons (Fsp3) is 0.414. The van der Waals surface area contributed by atoms with Crippen LogP contribution < -0.4 is 16.0 Å². The number of aryl methyl sites for hydroxylation is 2. The second kappa shape index (κ2) is 10.3. The van der Waals surface area contributed by atoms with Gasteiger partial charge in [0.2, 0.25) is 0 Å². The lowest BCUT2D eigenvalue weighted by atomic mass is 9.89. The number of rotatable bonds is 6. The molecule has 2 aliphatic rings. The summed E-state index contributed by atoms with van der Waals surface area (Å²) in [5.74, 6) is 0.868. The molecule has 1 aromatic carbocycles. The van der Waals surface area contributed by atoms with E-state index in [-0.39, 0.29) is 23.9 Å². The molecule has 0 radical (unpaired) electrons. The minimum absolute atomic E-state index is 0.169. The number of halogens is 1. The van der Waals surface area contributed by atoms with Gasteiger partial charge in [-0.3, -0.25) is 14.3 Å². The summed E-state index contributed by atoms with van der Waals surface area (Å²) < 4.78 is 10.4. The quantitative estimate of drug-likeness (QED) is 0.329. The van der Waals surface area contributed by atoms with E-state index in [9.17, 15) is 9.59 Å². The van der Waals surface area contributed by atoms with E-state index in [0.717, 1.165) is 69.5 Å². The molecule has 198 valence electrons. The van der Waals surface area contributed by atoms with E-state index in [4.69, 9.17) is 16.3 Å². The van der Waals surface area contributed by atoms with Gasteiger partial charge in [-0.2, -0.15) is 0 Å². The van der Waals surface area contributed by atoms with Crippen LogP contribution in [0.15, 0.2) is 52.3 Å². The zero-order valence-electron chi connectivity index (χ0n) is 21.7. The van der Waals surface area contributed by atoms with Gasteiger partial charge in [0.1, 0.15) is 11.9 Å². The summed E-state index contributed by atoms with van der Waals surface area (Å²) >= 11 is 8.09. The number of thiophene rings is 1. The zero-order chi connectivity index (χ0) is 26.4. The molecule has 0 spiro atoms. The van der Waals surface area contributed by atoms with Gasteiger partial charge >= 0.3 is 5.69 Å². The first-order chi connectivity index (χ1) is 18.4. The first-order valence-electron chi connectivity index (χ1n) is 13.2. The lowest BCUT2D eigenvalue weighted by molar-refractivity contribution is 0.0493. The highest BCUT2D eigenvalue weighted by Gasteiger charge is 2.30. The molecule has 0 N–H and O–H groups in total. The van der Waals surface area contributed by atoms with E-state index in [1.165, 1.54) is 40.7 Å². The highest BCUT2D eigenvalue weighted by molar-refractivity contribution is 7.19. The average molecular weight is 551 g/mol. The van der Waals surface area contributed by atoms with Crippen molar-refractivity contribution in [3.8, 4) is 16.9 Å². The van der Waals surface area contributed by atoms with Gasteiger partial charge in [0.05, 0.1) is 16.8 Å². The van der Waals surface area contributed by atoms with Crippen molar-refractivity contribution in [1.82, 2.24) is 19.0 Å². The van der Waals surface area contributed by atoms with Gasteiger partial charge in [0.25, 0.3) is 5.56 Å². The van der Waals surface area contributed by atoms with Gasteiger partial charge in [-0.25, -0.2) is 4.79 Å². The minimum Gasteiger partial charge on any atom is -0.489 e. The van der Waals surface area contributed by atoms with E-state index in [1.54, 1.807) is 24.6 Å². The number of benzene rings is 1. The van der Waals surface area contributed by atoms with Crippen LogP contribution in [-0.2, 0) is 13.6 Å². The van der Waals surface area contributed by atoms with E-state index in [2.05, 4.69) is 9.88 Å². The van der Waals surface area contributed by atoms with Crippen molar-refractivity contribution in [2.24, 2.45) is 7.05 Å². The van der Waals surface area contributed by atoms with Crippen LogP contribution in [0.4, 0.5) is 0 Å². The molecule has 1 saturated carbocycles. The molecule has 4 heterocycles. The number of nitrogens with zero attached hydrogens (tertiary/aromatic N) is 4. The summed E-state index contributed by atoms with van der Waals surface area (Å²) in [6, 6.07) is 10.1. The van der Waals surface area contributed by atoms with Crippen LogP contribution in [0.2, 0.25) is 5.02 Å². The maximum absolute atomic E-state index is 12.6. The number of aromatic nitrogens is 3. The second-order valence-corrected chi connectivity index (χ2v) is 12.0. The lowest BCUT2D eigenvalue weighted by Gasteiger charge is -2.41. The molecular formula is C29H31ClN4O3S. The van der Waals surface area contributed by atoms with Crippen LogP contribution in [0.1, 0.15) is 42.5 Å². The third-order valence-corrected chi connectivity index (χ3v) is 9.26. The molecular weight excluding hydrogens is 520 g/mol. The van der Waals surface area contributed by atoms with Crippen molar-refractivity contribution >= 4 is 33.2 Å². The highest BCUT2D eigenvalue weighted by atomic mass is 35.5. The molecule has 9 heteroatoms. The smallest absolute Gasteiger partial charge is 0.331 e. The highest BCUT2D eigenvalue weighted by Crippen LogP contribution is 2.42. The van der Waals surface area contributed by atoms with Crippen LogP contribution >= 0.6 is 22.9 Å². The predicted molar refractivity (Wildman–Crippen MR) is 153 cm³/mol. The molecule has 0 unspecified atom stereocenters. The van der Waals surface area contributed by atoms with Crippen molar-refractivity contribution in [1.29, 1.82) is 0 Å². The fourth-order valence-electron chi connectivity index (χ4n) is 5.56. The lowest BCUT2D eigenvalue weighted by Crippen LogP contribution is -2.46. The topological polar surface area (TPSA) is 69.4 Å². The number of piperidine rings is 1. The molecule has 38 heavy (non-hydrogen) atoms. The van der Waals surface area contributed by atoms with Crippen molar-refractivity contribution in [2.75, 3.05) is 13.1 Å². The maximum Gasteiger partial charge on any atom is 0.331 e. The summed E-state index contributed by atoms with van der Waals surface area (Å²) in [5.41, 5.74) is 3.11. The molecule has 1 saturated heterocycles. The Kier molecular flexibility index (Phi) is 6.88. The third kappa shape index (κ3) is 4.81. The van der Waals surface area contributed by atoms with Crippen LogP contribution in [0.5, 0.6) is 5.75 Å². The first-order valence-corrected chi connectivity index (χ1v) is 14.4. The fourth-order valence-corrected chi connectivity index (χ4v) is 6.96. The molecule has 1 aliphatic carbocycles. The molecule has 0 amide bonds. The molecule has 0 bridgehead atoms. The van der Waals surface area contributed by atoms with Gasteiger partial charge in [0.15, 0.2) is 0 Å². The Balaban J connectivity index is 1.33. The molecule has 0 atom stereocenters. The zero-order valence-corrected chi connectivity index (χ0v) is 23.2. The normalized spacial score (nSPS) is 17.1. The van der Waals surface area contributed by atoms with Crippen molar-refractivity contribution in [3.63, 3.8) is 0 Å². The number of likely N-dealkylation sites (tertiary alicyclic amines) is 1. The summed E-state index contributed by atoms with van der Waals surface area (Å²) in [6.45, 7) is 4.42. The van der Waals surface area contributed by atoms with Gasteiger partial charge in [-0.05, 0) is 62.4 Å². The predicted octanol–water partition coefficient (Wildman–Crippen LogP) is 5.23. The van der Waals surface area contributed by atoms with Crippen molar-refractivity contribution in [2.45, 2.75) is 57.7 Å². The Labute approximate surface area is 230 Å². The maximum atomic E-state index is 12.6. The summed E-state index contributed by atoms with van der Waals surface area (Å²) in [7, 11) is 1.64. The number of ether oxygens (including phenoxy) is 1. The first kappa shape index (κ1) is 25.3. The monoisotopic (exact) mass is 550 g/mol. The van der Waals surface area contributed by atoms with Crippen LogP contribution in [0.25, 0.3) is 21.3 Å². The molecule has 6 rings (SSSR count). The van der Waals surface area contributed by atoms with Crippen LogP contribution in [0, 0.1) is 6.92 Å². The Morgan fingerprint density at radius 1 is 1.08 bits per heavy atom. The summed E-state index contributed by atoms with van der Waals surface area (Å²) in [5, 5.41) is 0.658. The molecule has 2 fully saturated rings. The third-order valence-electron chi connectivity index (χ3n) is 7.90. The SMILES string of the molecule is Cc1cc(Cl)cc(-c2ccnc3cc(Cn4c(=O)ccn(C)c4=O)sc23)c1OC1CCN(C2CCC2)CC1. The molecule has 7 nitrogen and oxygen atoms in total. The molecule has 4 aromatic rings. The van der Waals surface area contributed by atoms with E-state index >= 15 is 0 Å². The van der Waals surface area contributed by atoms with Crippen molar-refractivity contribution < 1.29 is 4.74 Å². The second-order valence-electron chi connectivity index (χ2n) is 10.5. The average Bonchev–Trinajstić information content (AvgIpc) is 3.28. The Morgan fingerprint density at radius 3 is 2.61 bits per heavy atom. The largest absolute Gasteiger partial charge is 0.489 e. The number of fused-ring (bicyclic) bond motifs is 1. The summed E-state index contributed by atoms with van der Waals surface area (Å²) in [6.07, 6.45) is 9.52. The summed E-state index contributed by atoms with van der Waals surface area (Å²) in [4.78, 5) is 33.1. The van der Waals surface area contributed by atoms with Crippen LogP contribution in [0.3, 0.4) is 0 Å². The van der Waals surface area contributed by atoms with Gasteiger partial charge < -0.3 is 14.2 Å². The van der Waals surface area contributed by atoms with E-state index in [1.807, 2.05) is 31.2 Å². The Hall–Kier alpha value is -2.94. The number of hydrogen-bond donors (Lipinski definition) is 0. The standard InChI is InChI=1S/C29H31ClN4O3S/c1-18-14-19(30)15-24(27(18)37-21-7-12-33(13-8-21)20-4-3-5-20)23-6-10-31-25-16-22(38-28(23)25)17-34-26(35)9-11-32(2)29(34)36/h6,9-11,14-16,20-21H,3-5,7-8,12-13,17H2,1-2H3. The van der Waals surface area contributed by atoms with E-state index < -0.39 is 0 Å². The van der Waals surface area contributed by atoms with Gasteiger partial charge in [-0.1, -0.05) is 18.0 Å². The number of pyridine rings is 1.